The molecule has 5 heteroatoms. The van der Waals surface area contributed by atoms with Crippen molar-refractivity contribution < 1.29 is 14.3 Å². The Hall–Kier alpha value is -1.88. The summed E-state index contributed by atoms with van der Waals surface area (Å²) in [5.41, 5.74) is 1.69. The van der Waals surface area contributed by atoms with Gasteiger partial charge in [0.05, 0.1) is 7.11 Å². The molecule has 1 fully saturated rings. The second-order valence-electron chi connectivity index (χ2n) is 5.44. The lowest BCUT2D eigenvalue weighted by Crippen LogP contribution is -2.43. The Balaban J connectivity index is 1.96. The molecule has 1 aliphatic heterocycles. The van der Waals surface area contributed by atoms with Crippen molar-refractivity contribution in [3.8, 4) is 5.75 Å². The summed E-state index contributed by atoms with van der Waals surface area (Å²) in [5.74, 6) is 0.846. The summed E-state index contributed by atoms with van der Waals surface area (Å²) in [7, 11) is 1.64. The van der Waals surface area contributed by atoms with Crippen LogP contribution in [0.2, 0.25) is 0 Å². The van der Waals surface area contributed by atoms with Gasteiger partial charge in [-0.05, 0) is 31.0 Å². The van der Waals surface area contributed by atoms with E-state index >= 15 is 0 Å². The lowest BCUT2D eigenvalue weighted by Gasteiger charge is -2.32. The van der Waals surface area contributed by atoms with Crippen molar-refractivity contribution in [1.29, 1.82) is 0 Å². The van der Waals surface area contributed by atoms with E-state index in [0.717, 1.165) is 50.1 Å². The Bertz CT molecular complexity index is 508. The Morgan fingerprint density at radius 1 is 1.43 bits per heavy atom. The van der Waals surface area contributed by atoms with E-state index in [0.29, 0.717) is 5.56 Å². The zero-order valence-corrected chi connectivity index (χ0v) is 12.6. The molecule has 0 unspecified atom stereocenters. The fraction of sp³-hybridized carbons (Fsp3) is 0.500. The number of hydrogen-bond acceptors (Lipinski definition) is 4. The van der Waals surface area contributed by atoms with Gasteiger partial charge in [0.2, 0.25) is 5.91 Å². The Labute approximate surface area is 125 Å². The lowest BCUT2D eigenvalue weighted by atomic mass is 10.0. The largest absolute Gasteiger partial charge is 0.496 e. The van der Waals surface area contributed by atoms with Crippen molar-refractivity contribution >= 4 is 12.2 Å². The smallest absolute Gasteiger partial charge is 0.217 e. The van der Waals surface area contributed by atoms with E-state index in [9.17, 15) is 9.59 Å². The van der Waals surface area contributed by atoms with Gasteiger partial charge in [-0.1, -0.05) is 0 Å². The van der Waals surface area contributed by atoms with E-state index < -0.39 is 0 Å². The minimum Gasteiger partial charge on any atom is -0.496 e. The van der Waals surface area contributed by atoms with Crippen LogP contribution < -0.4 is 10.1 Å². The number of likely N-dealkylation sites (tertiary alicyclic amines) is 1. The predicted octanol–water partition coefficient (Wildman–Crippen LogP) is 1.61. The van der Waals surface area contributed by atoms with Crippen LogP contribution in [-0.2, 0) is 11.3 Å². The number of hydrogen-bond donors (Lipinski definition) is 1. The van der Waals surface area contributed by atoms with Gasteiger partial charge in [0, 0.05) is 43.7 Å². The first-order valence-electron chi connectivity index (χ1n) is 7.24. The lowest BCUT2D eigenvalue weighted by molar-refractivity contribution is -0.119. The van der Waals surface area contributed by atoms with Gasteiger partial charge in [-0.2, -0.15) is 0 Å². The summed E-state index contributed by atoms with van der Waals surface area (Å²) in [5, 5.41) is 2.97. The van der Waals surface area contributed by atoms with Crippen LogP contribution in [0.15, 0.2) is 18.2 Å². The van der Waals surface area contributed by atoms with Gasteiger partial charge >= 0.3 is 0 Å². The van der Waals surface area contributed by atoms with Crippen LogP contribution in [0.25, 0.3) is 0 Å². The Morgan fingerprint density at radius 3 is 2.71 bits per heavy atom. The van der Waals surface area contributed by atoms with Gasteiger partial charge in [-0.3, -0.25) is 14.5 Å². The van der Waals surface area contributed by atoms with Gasteiger partial charge in [0.1, 0.15) is 12.0 Å². The summed E-state index contributed by atoms with van der Waals surface area (Å²) < 4.78 is 5.36. The topological polar surface area (TPSA) is 58.6 Å². The molecule has 0 bridgehead atoms. The molecule has 0 saturated carbocycles. The number of ether oxygens (including phenoxy) is 1. The standard InChI is InChI=1S/C16H22N2O3/c1-12(20)17-15-5-7-18(8-6-15)10-14-9-13(11-19)3-4-16(14)21-2/h3-4,9,11,15H,5-8,10H2,1-2H3,(H,17,20). The summed E-state index contributed by atoms with van der Waals surface area (Å²) in [6.07, 6.45) is 2.76. The molecular weight excluding hydrogens is 268 g/mol. The van der Waals surface area contributed by atoms with Crippen molar-refractivity contribution in [3.05, 3.63) is 29.3 Å². The molecule has 1 saturated heterocycles. The number of methoxy groups -OCH3 is 1. The van der Waals surface area contributed by atoms with E-state index in [2.05, 4.69) is 10.2 Å². The number of rotatable bonds is 5. The number of nitrogens with one attached hydrogen (secondary N) is 1. The van der Waals surface area contributed by atoms with Gasteiger partial charge < -0.3 is 10.1 Å². The van der Waals surface area contributed by atoms with E-state index in [1.165, 1.54) is 0 Å². The molecule has 1 aromatic carbocycles. The van der Waals surface area contributed by atoms with Crippen LogP contribution >= 0.6 is 0 Å². The molecule has 1 aliphatic rings. The average molecular weight is 290 g/mol. The van der Waals surface area contributed by atoms with Crippen molar-refractivity contribution in [2.24, 2.45) is 0 Å². The van der Waals surface area contributed by atoms with Crippen LogP contribution in [0.5, 0.6) is 5.75 Å². The zero-order valence-electron chi connectivity index (χ0n) is 12.6. The quantitative estimate of drug-likeness (QED) is 0.837. The fourth-order valence-corrected chi connectivity index (χ4v) is 2.76. The summed E-state index contributed by atoms with van der Waals surface area (Å²) in [6.45, 7) is 4.18. The third-order valence-corrected chi connectivity index (χ3v) is 3.83. The SMILES string of the molecule is COc1ccc(C=O)cc1CN1CCC(NC(C)=O)CC1. The minimum atomic E-state index is 0.0359. The molecule has 0 radical (unpaired) electrons. The fourth-order valence-electron chi connectivity index (χ4n) is 2.76. The molecular formula is C16H22N2O3. The normalized spacial score (nSPS) is 16.5. The molecule has 0 atom stereocenters. The Morgan fingerprint density at radius 2 is 2.14 bits per heavy atom. The maximum absolute atomic E-state index is 11.1. The summed E-state index contributed by atoms with van der Waals surface area (Å²) in [6, 6.07) is 5.76. The maximum Gasteiger partial charge on any atom is 0.217 e. The molecule has 1 heterocycles. The summed E-state index contributed by atoms with van der Waals surface area (Å²) in [4.78, 5) is 24.3. The number of carbonyl (C=O) groups excluding carboxylic acids is 2. The first-order chi connectivity index (χ1) is 10.1. The minimum absolute atomic E-state index is 0.0359. The van der Waals surface area contributed by atoms with Gasteiger partial charge in [0.15, 0.2) is 0 Å². The molecule has 1 aromatic rings. The van der Waals surface area contributed by atoms with Gasteiger partial charge in [0.25, 0.3) is 0 Å². The third-order valence-electron chi connectivity index (χ3n) is 3.83. The molecule has 2 rings (SSSR count). The molecule has 5 nitrogen and oxygen atoms in total. The first kappa shape index (κ1) is 15.5. The van der Waals surface area contributed by atoms with E-state index in [4.69, 9.17) is 4.74 Å². The average Bonchev–Trinajstić information content (AvgIpc) is 2.48. The molecule has 1 amide bonds. The number of amides is 1. The van der Waals surface area contributed by atoms with E-state index in [1.807, 2.05) is 12.1 Å². The Kier molecular flexibility index (Phi) is 5.33. The zero-order chi connectivity index (χ0) is 15.2. The van der Waals surface area contributed by atoms with E-state index in [1.54, 1.807) is 20.1 Å². The number of aldehydes is 1. The number of piperidine rings is 1. The summed E-state index contributed by atoms with van der Waals surface area (Å²) >= 11 is 0. The van der Waals surface area contributed by atoms with Crippen molar-refractivity contribution in [3.63, 3.8) is 0 Å². The molecule has 0 aliphatic carbocycles. The van der Waals surface area contributed by atoms with Crippen LogP contribution in [0.1, 0.15) is 35.7 Å². The van der Waals surface area contributed by atoms with Gasteiger partial charge in [-0.15, -0.1) is 0 Å². The highest BCUT2D eigenvalue weighted by molar-refractivity contribution is 5.75. The van der Waals surface area contributed by atoms with E-state index in [-0.39, 0.29) is 11.9 Å². The van der Waals surface area contributed by atoms with Crippen LogP contribution in [0.4, 0.5) is 0 Å². The second kappa shape index (κ2) is 7.22. The van der Waals surface area contributed by atoms with Crippen molar-refractivity contribution in [2.45, 2.75) is 32.4 Å². The third kappa shape index (κ3) is 4.29. The molecule has 1 N–H and O–H groups in total. The van der Waals surface area contributed by atoms with Crippen molar-refractivity contribution in [1.82, 2.24) is 10.2 Å². The molecule has 0 aromatic heterocycles. The highest BCUT2D eigenvalue weighted by Gasteiger charge is 2.20. The number of nitrogens with zero attached hydrogens (tertiary/aromatic N) is 1. The molecule has 114 valence electrons. The molecule has 0 spiro atoms. The van der Waals surface area contributed by atoms with Crippen LogP contribution in [0, 0.1) is 0 Å². The van der Waals surface area contributed by atoms with Crippen LogP contribution in [-0.4, -0.2) is 43.3 Å². The highest BCUT2D eigenvalue weighted by atomic mass is 16.5. The number of benzene rings is 1. The monoisotopic (exact) mass is 290 g/mol. The number of carbonyl (C=O) groups is 2. The van der Waals surface area contributed by atoms with Gasteiger partial charge in [-0.25, -0.2) is 0 Å². The first-order valence-corrected chi connectivity index (χ1v) is 7.24. The molecule has 21 heavy (non-hydrogen) atoms. The predicted molar refractivity (Wildman–Crippen MR) is 80.5 cm³/mol. The highest BCUT2D eigenvalue weighted by Crippen LogP contribution is 2.23. The van der Waals surface area contributed by atoms with Crippen molar-refractivity contribution in [2.75, 3.05) is 20.2 Å². The second-order valence-corrected chi connectivity index (χ2v) is 5.44. The van der Waals surface area contributed by atoms with Crippen LogP contribution in [0.3, 0.4) is 0 Å². The maximum atomic E-state index is 11.1.